The molecule has 0 aliphatic rings. The lowest BCUT2D eigenvalue weighted by Gasteiger charge is -2.06. The number of nitrogens with one attached hydrogen (secondary N) is 1. The minimum absolute atomic E-state index is 0.198. The van der Waals surface area contributed by atoms with E-state index in [1.165, 1.54) is 17.7 Å². The van der Waals surface area contributed by atoms with Crippen LogP contribution in [0.4, 0.5) is 11.4 Å². The van der Waals surface area contributed by atoms with Crippen molar-refractivity contribution < 1.29 is 15.0 Å². The van der Waals surface area contributed by atoms with Gasteiger partial charge in [-0.05, 0) is 36.8 Å². The van der Waals surface area contributed by atoms with Gasteiger partial charge in [0.25, 0.3) is 0 Å². The lowest BCUT2D eigenvalue weighted by molar-refractivity contribution is 0.112. The number of rotatable bonds is 8. The van der Waals surface area contributed by atoms with Crippen molar-refractivity contribution in [1.29, 1.82) is 0 Å². The molecule has 2 rings (SSSR count). The Balaban J connectivity index is 2.03. The molecule has 1 unspecified atom stereocenters. The van der Waals surface area contributed by atoms with Gasteiger partial charge in [0.15, 0.2) is 6.29 Å². The number of hydrogen-bond acceptors (Lipinski definition) is 5. The summed E-state index contributed by atoms with van der Waals surface area (Å²) >= 11 is 1.36. The van der Waals surface area contributed by atoms with Gasteiger partial charge < -0.3 is 15.5 Å². The summed E-state index contributed by atoms with van der Waals surface area (Å²) in [6.45, 7) is 2.03. The van der Waals surface area contributed by atoms with Gasteiger partial charge in [0.05, 0.1) is 23.0 Å². The molecule has 0 amide bonds. The molecule has 122 valence electrons. The van der Waals surface area contributed by atoms with E-state index in [9.17, 15) is 15.0 Å². The van der Waals surface area contributed by atoms with Gasteiger partial charge in [0.1, 0.15) is 5.75 Å². The number of thiophene rings is 1. The van der Waals surface area contributed by atoms with Crippen molar-refractivity contribution in [2.75, 3.05) is 5.32 Å². The number of aldehydes is 1. The molecule has 0 aliphatic heterocycles. The maximum atomic E-state index is 11.1. The second kappa shape index (κ2) is 8.45. The fraction of sp³-hybridized carbons (Fsp3) is 0.294. The first-order valence-electron chi connectivity index (χ1n) is 7.46. The van der Waals surface area contributed by atoms with E-state index in [0.29, 0.717) is 17.0 Å². The molecule has 23 heavy (non-hydrogen) atoms. The first-order valence-corrected chi connectivity index (χ1v) is 8.28. The van der Waals surface area contributed by atoms with Crippen molar-refractivity contribution in [3.8, 4) is 5.75 Å². The van der Waals surface area contributed by atoms with E-state index in [-0.39, 0.29) is 11.9 Å². The van der Waals surface area contributed by atoms with Gasteiger partial charge in [-0.15, -0.1) is 11.3 Å². The van der Waals surface area contributed by atoms with Crippen LogP contribution in [0.3, 0.4) is 0 Å². The smallest absolute Gasteiger partial charge is 0.162 e. The van der Waals surface area contributed by atoms with Gasteiger partial charge in [-0.1, -0.05) is 13.3 Å². The zero-order valence-corrected chi connectivity index (χ0v) is 13.7. The molecule has 5 nitrogen and oxygen atoms in total. The number of benzene rings is 1. The molecule has 0 radical (unpaired) electrons. The van der Waals surface area contributed by atoms with Crippen LogP contribution in [-0.2, 0) is 6.42 Å². The lowest BCUT2D eigenvalue weighted by Crippen LogP contribution is -2.08. The van der Waals surface area contributed by atoms with Crippen molar-refractivity contribution in [2.24, 2.45) is 4.99 Å². The molecular formula is C17H20N2O3S. The van der Waals surface area contributed by atoms with Crippen LogP contribution in [-0.4, -0.2) is 28.9 Å². The number of phenols is 1. The molecule has 1 heterocycles. The first kappa shape index (κ1) is 17.2. The van der Waals surface area contributed by atoms with Crippen LogP contribution in [0.5, 0.6) is 5.75 Å². The predicted molar refractivity (Wildman–Crippen MR) is 94.2 cm³/mol. The summed E-state index contributed by atoms with van der Waals surface area (Å²) < 4.78 is 0. The van der Waals surface area contributed by atoms with E-state index in [0.717, 1.165) is 29.7 Å². The van der Waals surface area contributed by atoms with E-state index in [1.807, 2.05) is 13.0 Å². The molecule has 0 saturated heterocycles. The van der Waals surface area contributed by atoms with Crippen molar-refractivity contribution in [1.82, 2.24) is 0 Å². The quantitative estimate of drug-likeness (QED) is 0.298. The van der Waals surface area contributed by atoms with Crippen molar-refractivity contribution >= 4 is 35.3 Å². The molecule has 1 atom stereocenters. The number of carbonyl (C=O) groups is 1. The van der Waals surface area contributed by atoms with Crippen LogP contribution in [0.15, 0.2) is 35.3 Å². The summed E-state index contributed by atoms with van der Waals surface area (Å²) in [5, 5.41) is 22.1. The Morgan fingerprint density at radius 3 is 2.74 bits per heavy atom. The van der Waals surface area contributed by atoms with Gasteiger partial charge in [-0.2, -0.15) is 0 Å². The van der Waals surface area contributed by atoms with Crippen LogP contribution in [0.1, 0.15) is 34.3 Å². The Morgan fingerprint density at radius 2 is 2.09 bits per heavy atom. The second-order valence-corrected chi connectivity index (χ2v) is 6.34. The monoisotopic (exact) mass is 332 g/mol. The van der Waals surface area contributed by atoms with E-state index >= 15 is 0 Å². The van der Waals surface area contributed by atoms with Gasteiger partial charge in [0.2, 0.25) is 0 Å². The topological polar surface area (TPSA) is 81.9 Å². The molecule has 1 aromatic carbocycles. The highest BCUT2D eigenvalue weighted by atomic mass is 32.1. The molecule has 1 aromatic heterocycles. The van der Waals surface area contributed by atoms with Gasteiger partial charge in [-0.25, -0.2) is 4.99 Å². The number of aliphatic hydroxyl groups excluding tert-OH is 1. The predicted octanol–water partition coefficient (Wildman–Crippen LogP) is 3.74. The van der Waals surface area contributed by atoms with E-state index in [2.05, 4.69) is 10.3 Å². The molecule has 6 heteroatoms. The normalized spacial score (nSPS) is 12.4. The molecule has 0 fully saturated rings. The standard InChI is InChI=1S/C17H20N2O3S/c1-2-3-14(22)8-15-9-16(17(10-20)23-15)19-11-18-12-4-6-13(21)7-5-12/h4-7,9-11,14,21-22H,2-3,8H2,1H3,(H,18,19). The number of anilines is 1. The fourth-order valence-electron chi connectivity index (χ4n) is 2.13. The maximum absolute atomic E-state index is 11.1. The SMILES string of the molecule is CCCC(O)Cc1cc(N=CNc2ccc(O)cc2)c(C=O)s1. The summed E-state index contributed by atoms with van der Waals surface area (Å²) in [7, 11) is 0. The van der Waals surface area contributed by atoms with Crippen LogP contribution in [0, 0.1) is 0 Å². The summed E-state index contributed by atoms with van der Waals surface area (Å²) in [5.41, 5.74) is 1.38. The molecule has 0 spiro atoms. The number of aliphatic imine (C=N–C) groups is 1. The lowest BCUT2D eigenvalue weighted by atomic mass is 10.1. The second-order valence-electron chi connectivity index (χ2n) is 5.18. The maximum Gasteiger partial charge on any atom is 0.162 e. The Labute approximate surface area is 139 Å². The molecule has 0 bridgehead atoms. The number of hydrogen-bond donors (Lipinski definition) is 3. The summed E-state index contributed by atoms with van der Waals surface area (Å²) in [4.78, 5) is 16.9. The highest BCUT2D eigenvalue weighted by molar-refractivity contribution is 7.14. The molecule has 2 aromatic rings. The van der Waals surface area contributed by atoms with E-state index < -0.39 is 0 Å². The zero-order valence-electron chi connectivity index (χ0n) is 12.9. The highest BCUT2D eigenvalue weighted by Crippen LogP contribution is 2.29. The molecule has 0 aliphatic carbocycles. The summed E-state index contributed by atoms with van der Waals surface area (Å²) in [5.74, 6) is 0.198. The van der Waals surface area contributed by atoms with Gasteiger partial charge in [-0.3, -0.25) is 4.79 Å². The van der Waals surface area contributed by atoms with E-state index in [1.54, 1.807) is 24.3 Å². The number of nitrogens with zero attached hydrogens (tertiary/aromatic N) is 1. The van der Waals surface area contributed by atoms with E-state index in [4.69, 9.17) is 0 Å². The number of aliphatic hydroxyl groups is 1. The summed E-state index contributed by atoms with van der Waals surface area (Å²) in [6, 6.07) is 8.43. The number of carbonyl (C=O) groups excluding carboxylic acids is 1. The van der Waals surface area contributed by atoms with Crippen LogP contribution in [0.25, 0.3) is 0 Å². The Bertz CT molecular complexity index is 665. The average molecular weight is 332 g/mol. The average Bonchev–Trinajstić information content (AvgIpc) is 2.91. The number of aromatic hydroxyl groups is 1. The fourth-order valence-corrected chi connectivity index (χ4v) is 3.13. The van der Waals surface area contributed by atoms with Crippen LogP contribution >= 0.6 is 11.3 Å². The third-order valence-corrected chi connectivity index (χ3v) is 4.33. The third kappa shape index (κ3) is 5.19. The van der Waals surface area contributed by atoms with Crippen LogP contribution < -0.4 is 5.32 Å². The van der Waals surface area contributed by atoms with Gasteiger partial charge >= 0.3 is 0 Å². The summed E-state index contributed by atoms with van der Waals surface area (Å²) in [6.07, 6.45) is 4.12. The van der Waals surface area contributed by atoms with Gasteiger partial charge in [0, 0.05) is 17.0 Å². The first-order chi connectivity index (χ1) is 11.1. The third-order valence-electron chi connectivity index (χ3n) is 3.26. The van der Waals surface area contributed by atoms with Crippen molar-refractivity contribution in [3.05, 3.63) is 40.1 Å². The minimum Gasteiger partial charge on any atom is -0.508 e. The highest BCUT2D eigenvalue weighted by Gasteiger charge is 2.11. The molecule has 3 N–H and O–H groups in total. The Hall–Kier alpha value is -2.18. The van der Waals surface area contributed by atoms with Crippen LogP contribution in [0.2, 0.25) is 0 Å². The number of phenolic OH excluding ortho intramolecular Hbond substituents is 1. The largest absolute Gasteiger partial charge is 0.508 e. The minimum atomic E-state index is -0.384. The molecule has 0 saturated carbocycles. The van der Waals surface area contributed by atoms with Crippen molar-refractivity contribution in [2.45, 2.75) is 32.3 Å². The Kier molecular flexibility index (Phi) is 6.31. The van der Waals surface area contributed by atoms with Crippen molar-refractivity contribution in [3.63, 3.8) is 0 Å². The zero-order chi connectivity index (χ0) is 16.7. The Morgan fingerprint density at radius 1 is 1.35 bits per heavy atom. The molecular weight excluding hydrogens is 312 g/mol.